The zero-order valence-electron chi connectivity index (χ0n) is 16.7. The third-order valence-corrected chi connectivity index (χ3v) is 6.28. The Bertz CT molecular complexity index is 540. The van der Waals surface area contributed by atoms with Gasteiger partial charge in [0.05, 0.1) is 6.61 Å². The number of halogens is 1. The first-order valence-corrected chi connectivity index (χ1v) is 10.9. The van der Waals surface area contributed by atoms with Gasteiger partial charge in [0.25, 0.3) is 0 Å². The van der Waals surface area contributed by atoms with Crippen molar-refractivity contribution >= 4 is 41.3 Å². The van der Waals surface area contributed by atoms with Crippen molar-refractivity contribution in [2.75, 3.05) is 53.0 Å². The highest BCUT2D eigenvalue weighted by molar-refractivity contribution is 14.0. The molecule has 0 bridgehead atoms. The summed E-state index contributed by atoms with van der Waals surface area (Å²) in [5.74, 6) is 2.41. The fraction of sp³-hybridized carbons (Fsp3) is 0.750. The molecular weight excluding hydrogens is 471 g/mol. The summed E-state index contributed by atoms with van der Waals surface area (Å²) in [6.07, 6.45) is 3.69. The fourth-order valence-electron chi connectivity index (χ4n) is 3.84. The van der Waals surface area contributed by atoms with Crippen LogP contribution in [0, 0.1) is 11.8 Å². The van der Waals surface area contributed by atoms with Crippen LogP contribution >= 0.6 is 35.3 Å². The summed E-state index contributed by atoms with van der Waals surface area (Å²) in [5, 5.41) is 5.63. The normalized spacial score (nSPS) is 21.9. The Hall–Kier alpha value is -0.380. The molecule has 2 aliphatic heterocycles. The summed E-state index contributed by atoms with van der Waals surface area (Å²) >= 11 is 1.87. The van der Waals surface area contributed by atoms with Crippen LogP contribution in [0.2, 0.25) is 0 Å². The van der Waals surface area contributed by atoms with E-state index in [1.165, 1.54) is 37.2 Å². The monoisotopic (exact) mass is 506 g/mol. The fourth-order valence-corrected chi connectivity index (χ4v) is 4.58. The molecule has 0 aliphatic carbocycles. The van der Waals surface area contributed by atoms with Crippen LogP contribution in [0.5, 0.6) is 0 Å². The molecule has 0 radical (unpaired) electrons. The van der Waals surface area contributed by atoms with Gasteiger partial charge in [-0.3, -0.25) is 9.89 Å². The molecule has 3 rings (SSSR count). The number of nitrogens with one attached hydrogen (secondary N) is 1. The van der Waals surface area contributed by atoms with Crippen molar-refractivity contribution in [3.8, 4) is 0 Å². The van der Waals surface area contributed by atoms with Gasteiger partial charge in [-0.2, -0.15) is 0 Å². The summed E-state index contributed by atoms with van der Waals surface area (Å²) in [6, 6.07) is 4.40. The van der Waals surface area contributed by atoms with Gasteiger partial charge in [-0.1, -0.05) is 6.07 Å². The number of hydrogen-bond donors (Lipinski definition) is 1. The smallest absolute Gasteiger partial charge is 0.193 e. The van der Waals surface area contributed by atoms with Gasteiger partial charge in [0.2, 0.25) is 0 Å². The van der Waals surface area contributed by atoms with E-state index < -0.39 is 0 Å². The van der Waals surface area contributed by atoms with Crippen molar-refractivity contribution < 1.29 is 4.74 Å². The average Bonchev–Trinajstić information content (AvgIpc) is 3.34. The lowest BCUT2D eigenvalue weighted by Crippen LogP contribution is -2.42. The van der Waals surface area contributed by atoms with Crippen LogP contribution < -0.4 is 5.32 Å². The van der Waals surface area contributed by atoms with E-state index in [1.807, 2.05) is 11.3 Å². The van der Waals surface area contributed by atoms with Gasteiger partial charge in [0.1, 0.15) is 0 Å². The van der Waals surface area contributed by atoms with Crippen LogP contribution in [0.3, 0.4) is 0 Å². The van der Waals surface area contributed by atoms with Crippen LogP contribution in [0.4, 0.5) is 0 Å². The Balaban J connectivity index is 0.00000261. The third-order valence-electron chi connectivity index (χ3n) is 5.42. The standard InChI is InChI=1S/C20H34N4OS.HI/c1-3-21-20(23(2)14-18-8-11-25-16-18)22-13-17-6-9-24(10-7-17)15-19-5-4-12-26-19;/h4-5,12,17-18H,3,6-11,13-16H2,1-2H3,(H,21,22);1H. The molecule has 1 aromatic heterocycles. The first-order valence-electron chi connectivity index (χ1n) is 10.1. The molecular formula is C20H35IN4OS. The SMILES string of the molecule is CCNC(=NCC1CCN(Cc2cccs2)CC1)N(C)CC1CCOC1.I. The van der Waals surface area contributed by atoms with Crippen molar-refractivity contribution in [3.05, 3.63) is 22.4 Å². The van der Waals surface area contributed by atoms with Crippen LogP contribution in [-0.2, 0) is 11.3 Å². The van der Waals surface area contributed by atoms with Gasteiger partial charge in [-0.15, -0.1) is 35.3 Å². The number of guanidine groups is 1. The Morgan fingerprint density at radius 2 is 2.15 bits per heavy atom. The lowest BCUT2D eigenvalue weighted by Gasteiger charge is -2.31. The number of rotatable bonds is 7. The molecule has 1 atom stereocenters. The lowest BCUT2D eigenvalue weighted by molar-refractivity contribution is 0.180. The molecule has 2 fully saturated rings. The van der Waals surface area contributed by atoms with E-state index >= 15 is 0 Å². The van der Waals surface area contributed by atoms with Crippen LogP contribution in [0.25, 0.3) is 0 Å². The van der Waals surface area contributed by atoms with Crippen molar-refractivity contribution in [3.63, 3.8) is 0 Å². The molecule has 3 heterocycles. The van der Waals surface area contributed by atoms with Gasteiger partial charge < -0.3 is 15.0 Å². The molecule has 27 heavy (non-hydrogen) atoms. The summed E-state index contributed by atoms with van der Waals surface area (Å²) in [6.45, 7) is 10.4. The minimum absolute atomic E-state index is 0. The molecule has 1 N–H and O–H groups in total. The maximum absolute atomic E-state index is 5.51. The van der Waals surface area contributed by atoms with E-state index in [0.29, 0.717) is 11.8 Å². The van der Waals surface area contributed by atoms with E-state index in [0.717, 1.165) is 45.4 Å². The van der Waals surface area contributed by atoms with Gasteiger partial charge in [-0.25, -0.2) is 0 Å². The number of likely N-dealkylation sites (tertiary alicyclic amines) is 1. The quantitative estimate of drug-likeness (QED) is 0.349. The number of hydrogen-bond acceptors (Lipinski definition) is 4. The number of thiophene rings is 1. The minimum atomic E-state index is 0. The zero-order chi connectivity index (χ0) is 18.2. The molecule has 7 heteroatoms. The second-order valence-electron chi connectivity index (χ2n) is 7.60. The highest BCUT2D eigenvalue weighted by Gasteiger charge is 2.21. The topological polar surface area (TPSA) is 40.1 Å². The van der Waals surface area contributed by atoms with Gasteiger partial charge in [-0.05, 0) is 56.6 Å². The Morgan fingerprint density at radius 3 is 2.78 bits per heavy atom. The molecule has 1 unspecified atom stereocenters. The predicted molar refractivity (Wildman–Crippen MR) is 125 cm³/mol. The third kappa shape index (κ3) is 7.51. The first-order chi connectivity index (χ1) is 12.7. The highest BCUT2D eigenvalue weighted by atomic mass is 127. The van der Waals surface area contributed by atoms with Crippen LogP contribution in [0.1, 0.15) is 31.1 Å². The van der Waals surface area contributed by atoms with Crippen molar-refractivity contribution in [2.24, 2.45) is 16.8 Å². The molecule has 1 aromatic rings. The number of nitrogens with zero attached hydrogens (tertiary/aromatic N) is 3. The molecule has 0 aromatic carbocycles. The lowest BCUT2D eigenvalue weighted by atomic mass is 9.97. The Labute approximate surface area is 185 Å². The summed E-state index contributed by atoms with van der Waals surface area (Å²) < 4.78 is 5.51. The second kappa shape index (κ2) is 12.2. The predicted octanol–water partition coefficient (Wildman–Crippen LogP) is 3.51. The molecule has 154 valence electrons. The second-order valence-corrected chi connectivity index (χ2v) is 8.64. The van der Waals surface area contributed by atoms with E-state index in [4.69, 9.17) is 9.73 Å². The van der Waals surface area contributed by atoms with E-state index in [9.17, 15) is 0 Å². The summed E-state index contributed by atoms with van der Waals surface area (Å²) in [5.41, 5.74) is 0. The van der Waals surface area contributed by atoms with Gasteiger partial charge >= 0.3 is 0 Å². The molecule has 0 saturated carbocycles. The van der Waals surface area contributed by atoms with Crippen LogP contribution in [0.15, 0.2) is 22.5 Å². The maximum atomic E-state index is 5.51. The molecule has 0 spiro atoms. The molecule has 5 nitrogen and oxygen atoms in total. The average molecular weight is 506 g/mol. The molecule has 2 saturated heterocycles. The summed E-state index contributed by atoms with van der Waals surface area (Å²) in [4.78, 5) is 11.3. The number of ether oxygens (including phenoxy) is 1. The van der Waals surface area contributed by atoms with E-state index in [-0.39, 0.29) is 24.0 Å². The number of aliphatic imine (C=N–C) groups is 1. The Kier molecular flexibility index (Phi) is 10.4. The Morgan fingerprint density at radius 1 is 1.33 bits per heavy atom. The van der Waals surface area contributed by atoms with Gasteiger partial charge in [0.15, 0.2) is 5.96 Å². The largest absolute Gasteiger partial charge is 0.381 e. The van der Waals surface area contributed by atoms with Crippen LogP contribution in [-0.4, -0.2) is 68.7 Å². The van der Waals surface area contributed by atoms with Gasteiger partial charge in [0, 0.05) is 50.6 Å². The van der Waals surface area contributed by atoms with Crippen molar-refractivity contribution in [1.82, 2.24) is 15.1 Å². The molecule has 2 aliphatic rings. The molecule has 0 amide bonds. The van der Waals surface area contributed by atoms with Crippen molar-refractivity contribution in [1.29, 1.82) is 0 Å². The maximum Gasteiger partial charge on any atom is 0.193 e. The van der Waals surface area contributed by atoms with E-state index in [1.54, 1.807) is 0 Å². The number of piperidine rings is 1. The van der Waals surface area contributed by atoms with Crippen molar-refractivity contribution in [2.45, 2.75) is 32.7 Å². The van der Waals surface area contributed by atoms with E-state index in [2.05, 4.69) is 46.6 Å². The summed E-state index contributed by atoms with van der Waals surface area (Å²) in [7, 11) is 2.16. The zero-order valence-corrected chi connectivity index (χ0v) is 19.9. The minimum Gasteiger partial charge on any atom is -0.381 e. The highest BCUT2D eigenvalue weighted by Crippen LogP contribution is 2.21. The first kappa shape index (κ1) is 22.9.